The fourth-order valence-electron chi connectivity index (χ4n) is 2.13. The molecule has 0 bridgehead atoms. The van der Waals surface area contributed by atoms with E-state index in [1.165, 1.54) is 6.33 Å². The van der Waals surface area contributed by atoms with Crippen LogP contribution in [0.1, 0.15) is 11.1 Å². The van der Waals surface area contributed by atoms with Crippen molar-refractivity contribution in [2.45, 2.75) is 6.54 Å². The van der Waals surface area contributed by atoms with Crippen LogP contribution < -0.4 is 5.32 Å². The van der Waals surface area contributed by atoms with Crippen molar-refractivity contribution in [3.05, 3.63) is 65.5 Å². The smallest absolute Gasteiger partial charge is 0.161 e. The average Bonchev–Trinajstić information content (AvgIpc) is 2.54. The van der Waals surface area contributed by atoms with E-state index in [1.807, 2.05) is 6.07 Å². The van der Waals surface area contributed by atoms with Gasteiger partial charge in [-0.15, -0.1) is 0 Å². The zero-order chi connectivity index (χ0) is 15.5. The number of benzene rings is 2. The molecule has 0 fully saturated rings. The van der Waals surface area contributed by atoms with E-state index in [2.05, 4.69) is 21.4 Å². The quantitative estimate of drug-likeness (QED) is 0.804. The fourth-order valence-corrected chi connectivity index (χ4v) is 2.13. The van der Waals surface area contributed by atoms with E-state index < -0.39 is 11.6 Å². The standard InChI is InChI=1S/C16H10F2N4/c17-13-5-12-15(6-14(13)18)21-9-22-16(12)20-8-11-3-1-2-10(4-11)7-19/h1-6,9H,8H2,(H,20,21,22). The zero-order valence-corrected chi connectivity index (χ0v) is 11.3. The summed E-state index contributed by atoms with van der Waals surface area (Å²) in [6.07, 6.45) is 1.29. The van der Waals surface area contributed by atoms with Crippen LogP contribution in [-0.2, 0) is 6.54 Å². The number of hydrogen-bond donors (Lipinski definition) is 1. The van der Waals surface area contributed by atoms with Crippen LogP contribution in [-0.4, -0.2) is 9.97 Å². The lowest BCUT2D eigenvalue weighted by Crippen LogP contribution is -2.03. The Labute approximate surface area is 125 Å². The summed E-state index contributed by atoms with van der Waals surface area (Å²) in [6, 6.07) is 11.3. The maximum Gasteiger partial charge on any atom is 0.161 e. The number of halogens is 2. The number of nitrogens with one attached hydrogen (secondary N) is 1. The molecule has 0 saturated carbocycles. The van der Waals surface area contributed by atoms with Crippen molar-refractivity contribution in [1.29, 1.82) is 5.26 Å². The number of hydrogen-bond acceptors (Lipinski definition) is 4. The molecule has 0 unspecified atom stereocenters. The van der Waals surface area contributed by atoms with Crippen LogP contribution in [0.3, 0.4) is 0 Å². The summed E-state index contributed by atoms with van der Waals surface area (Å²) in [6.45, 7) is 0.403. The number of anilines is 1. The normalized spacial score (nSPS) is 10.4. The number of rotatable bonds is 3. The van der Waals surface area contributed by atoms with Gasteiger partial charge in [0.15, 0.2) is 11.6 Å². The van der Waals surface area contributed by atoms with Gasteiger partial charge >= 0.3 is 0 Å². The van der Waals surface area contributed by atoms with Crippen molar-refractivity contribution in [3.63, 3.8) is 0 Å². The Morgan fingerprint density at radius 2 is 1.91 bits per heavy atom. The van der Waals surface area contributed by atoms with Crippen molar-refractivity contribution >= 4 is 16.7 Å². The minimum Gasteiger partial charge on any atom is -0.365 e. The molecule has 0 aliphatic carbocycles. The van der Waals surface area contributed by atoms with Crippen molar-refractivity contribution in [3.8, 4) is 6.07 Å². The van der Waals surface area contributed by atoms with Gasteiger partial charge < -0.3 is 5.32 Å². The Kier molecular flexibility index (Phi) is 3.62. The topological polar surface area (TPSA) is 61.6 Å². The molecule has 0 amide bonds. The molecule has 6 heteroatoms. The zero-order valence-electron chi connectivity index (χ0n) is 11.3. The van der Waals surface area contributed by atoms with Gasteiger partial charge in [-0.05, 0) is 23.8 Å². The maximum atomic E-state index is 13.4. The molecule has 108 valence electrons. The molecule has 22 heavy (non-hydrogen) atoms. The van der Waals surface area contributed by atoms with Crippen molar-refractivity contribution in [2.24, 2.45) is 0 Å². The first-order chi connectivity index (χ1) is 10.7. The Bertz CT molecular complexity index is 887. The third-order valence-corrected chi connectivity index (χ3v) is 3.19. The molecule has 0 atom stereocenters. The summed E-state index contributed by atoms with van der Waals surface area (Å²) in [5.74, 6) is -1.48. The fraction of sp³-hybridized carbons (Fsp3) is 0.0625. The van der Waals surface area contributed by atoms with Gasteiger partial charge in [-0.2, -0.15) is 5.26 Å². The van der Waals surface area contributed by atoms with Gasteiger partial charge in [0.25, 0.3) is 0 Å². The molecule has 0 radical (unpaired) electrons. The van der Waals surface area contributed by atoms with Gasteiger partial charge in [0, 0.05) is 18.0 Å². The molecule has 0 aliphatic rings. The molecule has 1 heterocycles. The molecule has 1 N–H and O–H groups in total. The van der Waals surface area contributed by atoms with Crippen LogP contribution in [0.4, 0.5) is 14.6 Å². The lowest BCUT2D eigenvalue weighted by molar-refractivity contribution is 0.510. The summed E-state index contributed by atoms with van der Waals surface area (Å²) in [5.41, 5.74) is 1.76. The SMILES string of the molecule is N#Cc1cccc(CNc2ncnc3cc(F)c(F)cc23)c1. The van der Waals surface area contributed by atoms with Crippen molar-refractivity contribution < 1.29 is 8.78 Å². The molecule has 0 aliphatic heterocycles. The summed E-state index contributed by atoms with van der Waals surface area (Å²) < 4.78 is 26.6. The first kappa shape index (κ1) is 13.9. The van der Waals surface area contributed by atoms with E-state index in [-0.39, 0.29) is 0 Å². The second kappa shape index (κ2) is 5.74. The number of fused-ring (bicyclic) bond motifs is 1. The van der Waals surface area contributed by atoms with E-state index in [1.54, 1.807) is 18.2 Å². The molecule has 0 spiro atoms. The highest BCUT2D eigenvalue weighted by Crippen LogP contribution is 2.22. The van der Waals surface area contributed by atoms with Crippen LogP contribution in [0, 0.1) is 23.0 Å². The van der Waals surface area contributed by atoms with Crippen LogP contribution >= 0.6 is 0 Å². The first-order valence-corrected chi connectivity index (χ1v) is 6.50. The third-order valence-electron chi connectivity index (χ3n) is 3.19. The Morgan fingerprint density at radius 3 is 2.73 bits per heavy atom. The predicted molar refractivity (Wildman–Crippen MR) is 77.9 cm³/mol. The third kappa shape index (κ3) is 2.69. The maximum absolute atomic E-state index is 13.4. The summed E-state index contributed by atoms with van der Waals surface area (Å²) >= 11 is 0. The molecular weight excluding hydrogens is 286 g/mol. The van der Waals surface area contributed by atoms with Crippen LogP contribution in [0.2, 0.25) is 0 Å². The minimum atomic E-state index is -0.947. The van der Waals surface area contributed by atoms with Gasteiger partial charge in [0.2, 0.25) is 0 Å². The van der Waals surface area contributed by atoms with Gasteiger partial charge in [-0.3, -0.25) is 0 Å². The monoisotopic (exact) mass is 296 g/mol. The van der Waals surface area contributed by atoms with Gasteiger partial charge in [0.05, 0.1) is 17.1 Å². The second-order valence-corrected chi connectivity index (χ2v) is 4.67. The van der Waals surface area contributed by atoms with Crippen molar-refractivity contribution in [2.75, 3.05) is 5.32 Å². The average molecular weight is 296 g/mol. The largest absolute Gasteiger partial charge is 0.365 e. The molecule has 3 aromatic rings. The van der Waals surface area contributed by atoms with Gasteiger partial charge in [-0.1, -0.05) is 12.1 Å². The lowest BCUT2D eigenvalue weighted by atomic mass is 10.1. The van der Waals surface area contributed by atoms with E-state index in [0.717, 1.165) is 17.7 Å². The molecule has 0 saturated heterocycles. The number of nitrogens with zero attached hydrogens (tertiary/aromatic N) is 3. The van der Waals surface area contributed by atoms with E-state index in [0.29, 0.717) is 28.8 Å². The van der Waals surface area contributed by atoms with E-state index in [9.17, 15) is 8.78 Å². The van der Waals surface area contributed by atoms with Gasteiger partial charge in [0.1, 0.15) is 12.1 Å². The van der Waals surface area contributed by atoms with E-state index in [4.69, 9.17) is 5.26 Å². The van der Waals surface area contributed by atoms with Crippen LogP contribution in [0.15, 0.2) is 42.7 Å². The minimum absolute atomic E-state index is 0.321. The number of nitriles is 1. The summed E-state index contributed by atoms with van der Waals surface area (Å²) in [4.78, 5) is 7.98. The Balaban J connectivity index is 1.91. The lowest BCUT2D eigenvalue weighted by Gasteiger charge is -2.09. The predicted octanol–water partition coefficient (Wildman–Crippen LogP) is 3.39. The molecule has 3 rings (SSSR count). The second-order valence-electron chi connectivity index (χ2n) is 4.67. The molecule has 1 aromatic heterocycles. The van der Waals surface area contributed by atoms with E-state index >= 15 is 0 Å². The Morgan fingerprint density at radius 1 is 1.09 bits per heavy atom. The molecule has 2 aromatic carbocycles. The summed E-state index contributed by atoms with van der Waals surface area (Å²) in [7, 11) is 0. The van der Waals surface area contributed by atoms with Gasteiger partial charge in [-0.25, -0.2) is 18.7 Å². The van der Waals surface area contributed by atoms with Crippen LogP contribution in [0.5, 0.6) is 0 Å². The summed E-state index contributed by atoms with van der Waals surface area (Å²) in [5, 5.41) is 12.3. The highest BCUT2D eigenvalue weighted by molar-refractivity contribution is 5.88. The van der Waals surface area contributed by atoms with Crippen molar-refractivity contribution in [1.82, 2.24) is 9.97 Å². The van der Waals surface area contributed by atoms with Crippen LogP contribution in [0.25, 0.3) is 10.9 Å². The first-order valence-electron chi connectivity index (χ1n) is 6.50. The Hall–Kier alpha value is -3.07. The molecule has 4 nitrogen and oxygen atoms in total. The highest BCUT2D eigenvalue weighted by atomic mass is 19.2. The number of aromatic nitrogens is 2. The highest BCUT2D eigenvalue weighted by Gasteiger charge is 2.09. The molecular formula is C16H10F2N4.